The van der Waals surface area contributed by atoms with E-state index in [2.05, 4.69) is 10.6 Å². The highest BCUT2D eigenvalue weighted by Crippen LogP contribution is 2.16. The van der Waals surface area contributed by atoms with Crippen LogP contribution in [0.4, 0.5) is 5.69 Å². The van der Waals surface area contributed by atoms with Crippen molar-refractivity contribution in [1.82, 2.24) is 5.32 Å². The molecule has 0 aliphatic carbocycles. The molecule has 1 aromatic carbocycles. The lowest BCUT2D eigenvalue weighted by Crippen LogP contribution is -2.44. The lowest BCUT2D eigenvalue weighted by molar-refractivity contribution is -0.138. The van der Waals surface area contributed by atoms with Gasteiger partial charge in [0.05, 0.1) is 12.6 Å². The van der Waals surface area contributed by atoms with Crippen molar-refractivity contribution in [3.63, 3.8) is 0 Å². The molecule has 0 spiro atoms. The van der Waals surface area contributed by atoms with Crippen molar-refractivity contribution in [2.75, 3.05) is 43.2 Å². The van der Waals surface area contributed by atoms with Gasteiger partial charge in [-0.15, -0.1) is 0 Å². The minimum atomic E-state index is -1.14. The van der Waals surface area contributed by atoms with Crippen LogP contribution in [-0.4, -0.2) is 78.0 Å². The van der Waals surface area contributed by atoms with Crippen molar-refractivity contribution in [2.45, 2.75) is 25.5 Å². The van der Waals surface area contributed by atoms with Gasteiger partial charge in [-0.25, -0.2) is 0 Å². The number of aliphatic hydroxyl groups excluding tert-OH is 1. The molecule has 6 N–H and O–H groups in total. The van der Waals surface area contributed by atoms with Gasteiger partial charge in [0.1, 0.15) is 25.0 Å². The van der Waals surface area contributed by atoms with Crippen LogP contribution in [0, 0.1) is 0 Å². The lowest BCUT2D eigenvalue weighted by atomic mass is 10.3. The molecule has 168 valence electrons. The summed E-state index contributed by atoms with van der Waals surface area (Å²) in [4.78, 5) is 33.9. The summed E-state index contributed by atoms with van der Waals surface area (Å²) in [6, 6.07) is 5.92. The number of thioether (sulfide) groups is 1. The summed E-state index contributed by atoms with van der Waals surface area (Å²) in [5, 5.41) is 23.1. The van der Waals surface area contributed by atoms with Crippen molar-refractivity contribution >= 4 is 35.2 Å². The van der Waals surface area contributed by atoms with Crippen molar-refractivity contribution in [2.24, 2.45) is 5.73 Å². The number of aliphatic hydroxyl groups is 1. The molecule has 1 aromatic rings. The van der Waals surface area contributed by atoms with Crippen LogP contribution in [0.5, 0.6) is 5.75 Å². The predicted molar refractivity (Wildman–Crippen MR) is 114 cm³/mol. The molecular formula is C19H29N3O7S. The number of carboxylic acid groups (broad SMARTS) is 1. The Morgan fingerprint density at radius 1 is 1.20 bits per heavy atom. The van der Waals surface area contributed by atoms with E-state index in [1.807, 2.05) is 6.92 Å². The molecule has 0 saturated heterocycles. The Labute approximate surface area is 179 Å². The van der Waals surface area contributed by atoms with Crippen molar-refractivity contribution < 1.29 is 34.1 Å². The molecule has 0 radical (unpaired) electrons. The van der Waals surface area contributed by atoms with Crippen molar-refractivity contribution in [3.8, 4) is 5.75 Å². The second-order valence-electron chi connectivity index (χ2n) is 6.24. The Hall–Kier alpha value is -2.34. The normalized spacial score (nSPS) is 12.6. The third-order valence-electron chi connectivity index (χ3n) is 3.62. The molecule has 0 fully saturated rings. The first-order chi connectivity index (χ1) is 14.3. The van der Waals surface area contributed by atoms with Gasteiger partial charge in [0.15, 0.2) is 0 Å². The quantitative estimate of drug-likeness (QED) is 0.236. The van der Waals surface area contributed by atoms with Gasteiger partial charge >= 0.3 is 5.97 Å². The maximum absolute atomic E-state index is 12.0. The minimum Gasteiger partial charge on any atom is -0.491 e. The van der Waals surface area contributed by atoms with Crippen LogP contribution in [0.15, 0.2) is 24.3 Å². The highest BCUT2D eigenvalue weighted by Gasteiger charge is 2.14. The van der Waals surface area contributed by atoms with Crippen LogP contribution in [0.2, 0.25) is 0 Å². The highest BCUT2D eigenvalue weighted by molar-refractivity contribution is 7.99. The van der Waals surface area contributed by atoms with Crippen LogP contribution in [0.25, 0.3) is 0 Å². The molecule has 0 aromatic heterocycles. The largest absolute Gasteiger partial charge is 0.491 e. The van der Waals surface area contributed by atoms with Crippen LogP contribution >= 0.6 is 11.8 Å². The number of ether oxygens (including phenoxy) is 2. The van der Waals surface area contributed by atoms with E-state index in [1.54, 1.807) is 24.3 Å². The van der Waals surface area contributed by atoms with Gasteiger partial charge in [-0.3, -0.25) is 14.4 Å². The standard InChI is InChI=1S/C19H29N3O7S/c1-2-28-10-14(23)11-29-15-5-3-13(4-6-15)22-17(24)7-8-30-12-16(20)19(27)21-9-18(25)26/h3-6,14,16,23H,2,7-12,20H2,1H3,(H,21,27)(H,22,24)(H,25,26)/t14?,16-/m0/s1. The zero-order valence-corrected chi connectivity index (χ0v) is 17.7. The Balaban J connectivity index is 2.23. The smallest absolute Gasteiger partial charge is 0.322 e. The zero-order chi connectivity index (χ0) is 22.4. The molecule has 2 amide bonds. The monoisotopic (exact) mass is 443 g/mol. The van der Waals surface area contributed by atoms with Crippen molar-refractivity contribution in [1.29, 1.82) is 0 Å². The Morgan fingerprint density at radius 2 is 1.90 bits per heavy atom. The minimum absolute atomic E-state index is 0.111. The lowest BCUT2D eigenvalue weighted by Gasteiger charge is -2.13. The molecule has 2 atom stereocenters. The van der Waals surface area contributed by atoms with Gasteiger partial charge in [-0.2, -0.15) is 11.8 Å². The maximum Gasteiger partial charge on any atom is 0.322 e. The molecule has 1 unspecified atom stereocenters. The fourth-order valence-corrected chi connectivity index (χ4v) is 3.00. The average molecular weight is 444 g/mol. The number of carbonyl (C=O) groups is 3. The third-order valence-corrected chi connectivity index (χ3v) is 4.70. The maximum atomic E-state index is 12.0. The molecule has 10 nitrogen and oxygen atoms in total. The van der Waals surface area contributed by atoms with Crippen LogP contribution in [-0.2, 0) is 19.1 Å². The summed E-state index contributed by atoms with van der Waals surface area (Å²) >= 11 is 1.33. The number of nitrogens with one attached hydrogen (secondary N) is 2. The molecule has 1 rings (SSSR count). The first kappa shape index (κ1) is 25.7. The molecule has 0 heterocycles. The number of carbonyl (C=O) groups excluding carboxylic acids is 2. The number of anilines is 1. The first-order valence-corrected chi connectivity index (χ1v) is 10.6. The van der Waals surface area contributed by atoms with Crippen LogP contribution < -0.4 is 21.1 Å². The Kier molecular flexibility index (Phi) is 12.5. The van der Waals surface area contributed by atoms with E-state index in [0.717, 1.165) is 0 Å². The Morgan fingerprint density at radius 3 is 2.53 bits per heavy atom. The average Bonchev–Trinajstić information content (AvgIpc) is 2.72. The SMILES string of the molecule is CCOCC(O)COc1ccc(NC(=O)CCSC[C@H](N)C(=O)NCC(=O)O)cc1. The molecular weight excluding hydrogens is 414 g/mol. The summed E-state index contributed by atoms with van der Waals surface area (Å²) in [6.45, 7) is 2.22. The number of nitrogens with two attached hydrogens (primary N) is 1. The Bertz CT molecular complexity index is 673. The van der Waals surface area contributed by atoms with Gasteiger partial charge in [0, 0.05) is 30.2 Å². The van der Waals surface area contributed by atoms with E-state index in [-0.39, 0.29) is 31.3 Å². The van der Waals surface area contributed by atoms with Crippen molar-refractivity contribution in [3.05, 3.63) is 24.3 Å². The number of amides is 2. The van der Waals surface area contributed by atoms with Crippen LogP contribution in [0.3, 0.4) is 0 Å². The molecule has 0 bridgehead atoms. The summed E-state index contributed by atoms with van der Waals surface area (Å²) < 4.78 is 10.6. The number of benzene rings is 1. The van der Waals surface area contributed by atoms with E-state index in [1.165, 1.54) is 11.8 Å². The molecule has 0 saturated carbocycles. The number of hydrogen-bond acceptors (Lipinski definition) is 8. The van der Waals surface area contributed by atoms with Gasteiger partial charge in [-0.1, -0.05) is 0 Å². The number of hydrogen-bond donors (Lipinski definition) is 5. The second kappa shape index (κ2) is 14.6. The topological polar surface area (TPSA) is 160 Å². The van der Waals surface area contributed by atoms with E-state index in [4.69, 9.17) is 20.3 Å². The molecule has 11 heteroatoms. The summed E-state index contributed by atoms with van der Waals surface area (Å²) in [6.07, 6.45) is -0.478. The van der Waals surface area contributed by atoms with E-state index < -0.39 is 30.6 Å². The predicted octanol–water partition coefficient (Wildman–Crippen LogP) is 0.0527. The van der Waals surface area contributed by atoms with Gasteiger partial charge in [-0.05, 0) is 31.2 Å². The highest BCUT2D eigenvalue weighted by atomic mass is 32.2. The van der Waals surface area contributed by atoms with E-state index >= 15 is 0 Å². The van der Waals surface area contributed by atoms with Gasteiger partial charge in [0.25, 0.3) is 0 Å². The zero-order valence-electron chi connectivity index (χ0n) is 16.8. The first-order valence-electron chi connectivity index (χ1n) is 9.43. The van der Waals surface area contributed by atoms with E-state index in [0.29, 0.717) is 23.8 Å². The fraction of sp³-hybridized carbons (Fsp3) is 0.526. The summed E-state index contributed by atoms with van der Waals surface area (Å²) in [7, 11) is 0. The molecule has 0 aliphatic heterocycles. The summed E-state index contributed by atoms with van der Waals surface area (Å²) in [5.41, 5.74) is 6.27. The third kappa shape index (κ3) is 11.6. The van der Waals surface area contributed by atoms with Gasteiger partial charge < -0.3 is 36.1 Å². The van der Waals surface area contributed by atoms with E-state index in [9.17, 15) is 19.5 Å². The number of rotatable bonds is 15. The van der Waals surface area contributed by atoms with Crippen LogP contribution in [0.1, 0.15) is 13.3 Å². The fourth-order valence-electron chi connectivity index (χ4n) is 2.10. The second-order valence-corrected chi connectivity index (χ2v) is 7.39. The van der Waals surface area contributed by atoms with Gasteiger partial charge in [0.2, 0.25) is 11.8 Å². The molecule has 0 aliphatic rings. The summed E-state index contributed by atoms with van der Waals surface area (Å²) in [5.74, 6) is -0.563. The number of aliphatic carboxylic acids is 1. The molecule has 30 heavy (non-hydrogen) atoms. The number of carboxylic acids is 1.